The van der Waals surface area contributed by atoms with Crippen LogP contribution in [0.5, 0.6) is 0 Å². The van der Waals surface area contributed by atoms with E-state index in [4.69, 9.17) is 10.2 Å². The molecule has 0 fully saturated rings. The summed E-state index contributed by atoms with van der Waals surface area (Å²) in [6.07, 6.45) is 0. The molecule has 1 aromatic carbocycles. The van der Waals surface area contributed by atoms with Gasteiger partial charge in [0.2, 0.25) is 0 Å². The second-order valence-electron chi connectivity index (χ2n) is 3.61. The number of nitro benzene ring substituents is 1. The molecule has 0 aliphatic carbocycles. The van der Waals surface area contributed by atoms with Crippen molar-refractivity contribution in [2.24, 2.45) is 0 Å². The Kier molecular flexibility index (Phi) is 4.86. The fraction of sp³-hybridized carbons (Fsp3) is 0.455. The van der Waals surface area contributed by atoms with Crippen LogP contribution in [0, 0.1) is 17.0 Å². The lowest BCUT2D eigenvalue weighted by molar-refractivity contribution is -0.385. The van der Waals surface area contributed by atoms with E-state index < -0.39 is 4.92 Å². The maximum atomic E-state index is 10.8. The zero-order chi connectivity index (χ0) is 12.8. The third-order valence-corrected chi connectivity index (χ3v) is 2.55. The number of nitrogens with zero attached hydrogens (tertiary/aromatic N) is 2. The molecule has 94 valence electrons. The van der Waals surface area contributed by atoms with E-state index in [2.05, 4.69) is 0 Å². The van der Waals surface area contributed by atoms with Crippen LogP contribution in [0.25, 0.3) is 0 Å². The minimum atomic E-state index is -0.436. The summed E-state index contributed by atoms with van der Waals surface area (Å²) in [5.74, 6) is 0. The Morgan fingerprint density at radius 3 is 2.35 bits per heavy atom. The van der Waals surface area contributed by atoms with Crippen LogP contribution in [-0.2, 0) is 0 Å². The number of anilines is 1. The molecule has 0 heterocycles. The lowest BCUT2D eigenvalue weighted by Gasteiger charge is -2.24. The van der Waals surface area contributed by atoms with E-state index in [1.54, 1.807) is 24.0 Å². The van der Waals surface area contributed by atoms with Gasteiger partial charge in [-0.1, -0.05) is 6.07 Å². The molecule has 0 aliphatic rings. The van der Waals surface area contributed by atoms with Gasteiger partial charge in [0.25, 0.3) is 5.69 Å². The van der Waals surface area contributed by atoms with Gasteiger partial charge in [-0.15, -0.1) is 0 Å². The molecular formula is C11H16N2O4. The fourth-order valence-corrected chi connectivity index (χ4v) is 1.75. The Morgan fingerprint density at radius 2 is 1.88 bits per heavy atom. The van der Waals surface area contributed by atoms with Crippen LogP contribution in [-0.4, -0.2) is 41.4 Å². The molecule has 6 heteroatoms. The smallest absolute Gasteiger partial charge is 0.274 e. The van der Waals surface area contributed by atoms with Crippen molar-refractivity contribution in [2.45, 2.75) is 6.92 Å². The summed E-state index contributed by atoms with van der Waals surface area (Å²) >= 11 is 0. The molecule has 1 rings (SSSR count). The van der Waals surface area contributed by atoms with Crippen LogP contribution in [0.4, 0.5) is 11.4 Å². The number of rotatable bonds is 6. The SMILES string of the molecule is Cc1c(N(CCO)CCO)cccc1[N+](=O)[O-]. The summed E-state index contributed by atoms with van der Waals surface area (Å²) in [4.78, 5) is 12.1. The van der Waals surface area contributed by atoms with Gasteiger partial charge in [-0.25, -0.2) is 0 Å². The highest BCUT2D eigenvalue weighted by atomic mass is 16.6. The van der Waals surface area contributed by atoms with Gasteiger partial charge < -0.3 is 15.1 Å². The van der Waals surface area contributed by atoms with Crippen LogP contribution in [0.2, 0.25) is 0 Å². The highest BCUT2D eigenvalue weighted by Crippen LogP contribution is 2.27. The van der Waals surface area contributed by atoms with Gasteiger partial charge in [0.05, 0.1) is 23.7 Å². The molecule has 2 N–H and O–H groups in total. The number of aliphatic hydroxyl groups excluding tert-OH is 2. The van der Waals surface area contributed by atoms with Crippen molar-refractivity contribution in [2.75, 3.05) is 31.2 Å². The predicted octanol–water partition coefficient (Wildman–Crippen LogP) is 0.694. The van der Waals surface area contributed by atoms with Crippen LogP contribution in [0.15, 0.2) is 18.2 Å². The van der Waals surface area contributed by atoms with Gasteiger partial charge >= 0.3 is 0 Å². The Morgan fingerprint density at radius 1 is 1.29 bits per heavy atom. The Balaban J connectivity index is 3.10. The highest BCUT2D eigenvalue weighted by molar-refractivity contribution is 5.61. The van der Waals surface area contributed by atoms with Crippen molar-refractivity contribution >= 4 is 11.4 Å². The second kappa shape index (κ2) is 6.17. The third kappa shape index (κ3) is 3.15. The van der Waals surface area contributed by atoms with Crippen molar-refractivity contribution in [3.63, 3.8) is 0 Å². The maximum Gasteiger partial charge on any atom is 0.274 e. The monoisotopic (exact) mass is 240 g/mol. The lowest BCUT2D eigenvalue weighted by Crippen LogP contribution is -2.30. The Labute approximate surface area is 99.3 Å². The molecule has 0 saturated heterocycles. The zero-order valence-corrected chi connectivity index (χ0v) is 9.67. The van der Waals surface area contributed by atoms with Crippen molar-refractivity contribution in [3.8, 4) is 0 Å². The highest BCUT2D eigenvalue weighted by Gasteiger charge is 2.16. The zero-order valence-electron chi connectivity index (χ0n) is 9.67. The molecule has 1 aromatic rings. The quantitative estimate of drug-likeness (QED) is 0.564. The first-order chi connectivity index (χ1) is 8.11. The normalized spacial score (nSPS) is 10.3. The topological polar surface area (TPSA) is 86.8 Å². The van der Waals surface area contributed by atoms with E-state index in [0.717, 1.165) is 0 Å². The van der Waals surface area contributed by atoms with Crippen LogP contribution < -0.4 is 4.90 Å². The van der Waals surface area contributed by atoms with Gasteiger partial charge in [-0.3, -0.25) is 10.1 Å². The van der Waals surface area contributed by atoms with Crippen LogP contribution in [0.1, 0.15) is 5.56 Å². The Bertz CT molecular complexity index is 389. The van der Waals surface area contributed by atoms with Gasteiger partial charge in [0.1, 0.15) is 0 Å². The summed E-state index contributed by atoms with van der Waals surface area (Å²) in [5, 5.41) is 28.7. The first kappa shape index (κ1) is 13.4. The Hall–Kier alpha value is -1.66. The van der Waals surface area contributed by atoms with E-state index in [9.17, 15) is 10.1 Å². The molecule has 6 nitrogen and oxygen atoms in total. The maximum absolute atomic E-state index is 10.8. The molecule has 17 heavy (non-hydrogen) atoms. The molecule has 0 saturated carbocycles. The number of nitro groups is 1. The number of aliphatic hydroxyl groups is 2. The van der Waals surface area contributed by atoms with Crippen LogP contribution >= 0.6 is 0 Å². The molecule has 0 aromatic heterocycles. The average molecular weight is 240 g/mol. The van der Waals surface area contributed by atoms with Gasteiger partial charge in [-0.05, 0) is 13.0 Å². The number of hydrogen-bond acceptors (Lipinski definition) is 5. The second-order valence-corrected chi connectivity index (χ2v) is 3.61. The first-order valence-electron chi connectivity index (χ1n) is 5.32. The summed E-state index contributed by atoms with van der Waals surface area (Å²) in [6.45, 7) is 2.20. The lowest BCUT2D eigenvalue weighted by atomic mass is 10.1. The minimum absolute atomic E-state index is 0.0448. The average Bonchev–Trinajstić information content (AvgIpc) is 2.29. The minimum Gasteiger partial charge on any atom is -0.395 e. The van der Waals surface area contributed by atoms with Crippen molar-refractivity contribution in [1.82, 2.24) is 0 Å². The van der Waals surface area contributed by atoms with Crippen molar-refractivity contribution in [1.29, 1.82) is 0 Å². The standard InChI is InChI=1S/C11H16N2O4/c1-9-10(12(5-7-14)6-8-15)3-2-4-11(9)13(16)17/h2-4,14-15H,5-8H2,1H3. The van der Waals surface area contributed by atoms with E-state index in [0.29, 0.717) is 24.3 Å². The summed E-state index contributed by atoms with van der Waals surface area (Å²) in [7, 11) is 0. The van der Waals surface area contributed by atoms with Gasteiger partial charge in [0, 0.05) is 24.8 Å². The van der Waals surface area contributed by atoms with E-state index in [1.165, 1.54) is 6.07 Å². The molecule has 0 spiro atoms. The van der Waals surface area contributed by atoms with E-state index >= 15 is 0 Å². The molecule has 0 amide bonds. The molecule has 0 atom stereocenters. The van der Waals surface area contributed by atoms with E-state index in [-0.39, 0.29) is 18.9 Å². The third-order valence-electron chi connectivity index (χ3n) is 2.55. The molecule has 0 bridgehead atoms. The first-order valence-corrected chi connectivity index (χ1v) is 5.32. The van der Waals surface area contributed by atoms with E-state index in [1.807, 2.05) is 0 Å². The summed E-state index contributed by atoms with van der Waals surface area (Å²) < 4.78 is 0. The van der Waals surface area contributed by atoms with Crippen molar-refractivity contribution in [3.05, 3.63) is 33.9 Å². The molecule has 0 aliphatic heterocycles. The fourth-order valence-electron chi connectivity index (χ4n) is 1.75. The molecular weight excluding hydrogens is 224 g/mol. The number of benzene rings is 1. The predicted molar refractivity (Wildman–Crippen MR) is 64.2 cm³/mol. The van der Waals surface area contributed by atoms with Gasteiger partial charge in [0.15, 0.2) is 0 Å². The largest absolute Gasteiger partial charge is 0.395 e. The molecule has 0 unspecified atom stereocenters. The number of hydrogen-bond donors (Lipinski definition) is 2. The summed E-state index contributed by atoms with van der Waals surface area (Å²) in [5.41, 5.74) is 1.25. The van der Waals surface area contributed by atoms with Crippen molar-refractivity contribution < 1.29 is 15.1 Å². The van der Waals surface area contributed by atoms with Crippen LogP contribution in [0.3, 0.4) is 0 Å². The molecule has 0 radical (unpaired) electrons. The van der Waals surface area contributed by atoms with Gasteiger partial charge in [-0.2, -0.15) is 0 Å². The summed E-state index contributed by atoms with van der Waals surface area (Å²) in [6, 6.07) is 4.78.